The molecule has 7 nitrogen and oxygen atoms in total. The lowest BCUT2D eigenvalue weighted by atomic mass is 10.1. The number of aromatic nitrogens is 1. The highest BCUT2D eigenvalue weighted by Gasteiger charge is 2.22. The zero-order chi connectivity index (χ0) is 18.9. The summed E-state index contributed by atoms with van der Waals surface area (Å²) in [5.41, 5.74) is 1.72. The molecule has 1 heterocycles. The molecule has 0 saturated heterocycles. The van der Waals surface area contributed by atoms with E-state index in [1.165, 1.54) is 17.4 Å². The number of para-hydroxylation sites is 1. The van der Waals surface area contributed by atoms with Crippen molar-refractivity contribution in [2.45, 2.75) is 25.2 Å². The molecular weight excluding hydrogens is 374 g/mol. The van der Waals surface area contributed by atoms with Crippen molar-refractivity contribution in [2.75, 3.05) is 6.54 Å². The van der Waals surface area contributed by atoms with E-state index in [-0.39, 0.29) is 17.1 Å². The minimum absolute atomic E-state index is 0.0616. The average Bonchev–Trinajstić information content (AvgIpc) is 2.99. The van der Waals surface area contributed by atoms with Gasteiger partial charge in [-0.15, -0.1) is 11.3 Å². The lowest BCUT2D eigenvalue weighted by molar-refractivity contribution is -0.385. The van der Waals surface area contributed by atoms with Crippen molar-refractivity contribution in [3.63, 3.8) is 0 Å². The zero-order valence-corrected chi connectivity index (χ0v) is 15.9. The van der Waals surface area contributed by atoms with Crippen LogP contribution in [0.25, 0.3) is 10.2 Å². The van der Waals surface area contributed by atoms with Crippen LogP contribution < -0.4 is 4.72 Å². The van der Waals surface area contributed by atoms with E-state index in [2.05, 4.69) is 9.71 Å². The fourth-order valence-corrected chi connectivity index (χ4v) is 4.92. The first-order valence-corrected chi connectivity index (χ1v) is 10.2. The van der Waals surface area contributed by atoms with Gasteiger partial charge >= 0.3 is 0 Å². The van der Waals surface area contributed by atoms with Crippen LogP contribution >= 0.6 is 11.3 Å². The predicted molar refractivity (Wildman–Crippen MR) is 101 cm³/mol. The van der Waals surface area contributed by atoms with E-state index in [9.17, 15) is 18.5 Å². The quantitative estimate of drug-likeness (QED) is 0.513. The Morgan fingerprint density at radius 1 is 1.23 bits per heavy atom. The van der Waals surface area contributed by atoms with Gasteiger partial charge in [-0.1, -0.05) is 12.1 Å². The van der Waals surface area contributed by atoms with Gasteiger partial charge in [-0.25, -0.2) is 18.1 Å². The van der Waals surface area contributed by atoms with Crippen LogP contribution in [-0.4, -0.2) is 24.9 Å². The van der Waals surface area contributed by atoms with Gasteiger partial charge < -0.3 is 0 Å². The van der Waals surface area contributed by atoms with Crippen molar-refractivity contribution in [2.24, 2.45) is 0 Å². The van der Waals surface area contributed by atoms with Gasteiger partial charge in [0.15, 0.2) is 0 Å². The molecule has 3 rings (SSSR count). The van der Waals surface area contributed by atoms with E-state index in [0.717, 1.165) is 21.3 Å². The van der Waals surface area contributed by atoms with Gasteiger partial charge in [0.1, 0.15) is 0 Å². The third-order valence-corrected chi connectivity index (χ3v) is 6.76. The van der Waals surface area contributed by atoms with Crippen molar-refractivity contribution in [1.29, 1.82) is 0 Å². The van der Waals surface area contributed by atoms with Crippen LogP contribution in [0.15, 0.2) is 41.3 Å². The van der Waals surface area contributed by atoms with E-state index in [0.29, 0.717) is 17.5 Å². The van der Waals surface area contributed by atoms with Gasteiger partial charge in [-0.2, -0.15) is 0 Å². The minimum atomic E-state index is -3.85. The monoisotopic (exact) mass is 391 g/mol. The number of non-ortho nitro benzene ring substituents is 1. The average molecular weight is 391 g/mol. The lowest BCUT2D eigenvalue weighted by Gasteiger charge is -2.10. The van der Waals surface area contributed by atoms with Crippen LogP contribution in [0.5, 0.6) is 0 Å². The van der Waals surface area contributed by atoms with E-state index in [1.54, 1.807) is 13.8 Å². The summed E-state index contributed by atoms with van der Waals surface area (Å²) in [6, 6.07) is 10.2. The Bertz CT molecular complexity index is 1060. The van der Waals surface area contributed by atoms with Crippen LogP contribution in [0.1, 0.15) is 16.1 Å². The fourth-order valence-electron chi connectivity index (χ4n) is 2.59. The highest BCUT2D eigenvalue weighted by Crippen LogP contribution is 2.25. The molecule has 0 aliphatic rings. The Hall–Kier alpha value is -2.36. The van der Waals surface area contributed by atoms with E-state index in [4.69, 9.17) is 0 Å². The molecule has 0 aliphatic heterocycles. The highest BCUT2D eigenvalue weighted by molar-refractivity contribution is 7.89. The molecule has 2 aromatic carbocycles. The number of rotatable bonds is 6. The molecule has 3 aromatic rings. The van der Waals surface area contributed by atoms with Crippen molar-refractivity contribution >= 4 is 37.3 Å². The van der Waals surface area contributed by atoms with Gasteiger partial charge in [-0.05, 0) is 37.1 Å². The number of nitro groups is 1. The van der Waals surface area contributed by atoms with Crippen molar-refractivity contribution in [3.05, 3.63) is 62.6 Å². The number of hydrogen-bond donors (Lipinski definition) is 1. The molecule has 0 unspecified atom stereocenters. The van der Waals surface area contributed by atoms with Gasteiger partial charge in [0.25, 0.3) is 5.69 Å². The summed E-state index contributed by atoms with van der Waals surface area (Å²) in [5, 5.41) is 11.8. The van der Waals surface area contributed by atoms with Gasteiger partial charge in [0.2, 0.25) is 10.0 Å². The number of hydrogen-bond acceptors (Lipinski definition) is 6. The number of thiazole rings is 1. The Morgan fingerprint density at radius 2 is 1.96 bits per heavy atom. The van der Waals surface area contributed by atoms with Crippen molar-refractivity contribution in [1.82, 2.24) is 9.71 Å². The van der Waals surface area contributed by atoms with E-state index < -0.39 is 14.9 Å². The maximum atomic E-state index is 12.6. The third kappa shape index (κ3) is 3.74. The normalized spacial score (nSPS) is 11.8. The molecule has 9 heteroatoms. The molecule has 1 N–H and O–H groups in total. The molecule has 136 valence electrons. The second-order valence-corrected chi connectivity index (χ2v) is 8.72. The van der Waals surface area contributed by atoms with Crippen LogP contribution in [-0.2, 0) is 16.4 Å². The molecule has 0 amide bonds. The van der Waals surface area contributed by atoms with Crippen LogP contribution in [0.2, 0.25) is 0 Å². The molecule has 0 radical (unpaired) electrons. The molecule has 0 aliphatic carbocycles. The van der Waals surface area contributed by atoms with E-state index >= 15 is 0 Å². The molecule has 0 saturated carbocycles. The predicted octanol–water partition coefficient (Wildman–Crippen LogP) is 3.34. The zero-order valence-electron chi connectivity index (χ0n) is 14.2. The maximum absolute atomic E-state index is 12.6. The maximum Gasteiger partial charge on any atom is 0.271 e. The van der Waals surface area contributed by atoms with Gasteiger partial charge in [-0.3, -0.25) is 10.1 Å². The first-order chi connectivity index (χ1) is 12.3. The second-order valence-electron chi connectivity index (χ2n) is 5.87. The Morgan fingerprint density at radius 3 is 2.65 bits per heavy atom. The van der Waals surface area contributed by atoms with Crippen molar-refractivity contribution < 1.29 is 13.3 Å². The summed E-state index contributed by atoms with van der Waals surface area (Å²) < 4.78 is 28.8. The first-order valence-electron chi connectivity index (χ1n) is 7.87. The standard InChI is InChI=1S/C17H17N3O4S2/c1-11-9-13(20(21)22)10-16(12(11)2)26(23,24)18-8-7-17-19-14-5-3-4-6-15(14)25-17/h3-6,9-10,18H,7-8H2,1-2H3. The molecule has 0 bridgehead atoms. The van der Waals surface area contributed by atoms with Crippen molar-refractivity contribution in [3.8, 4) is 0 Å². The number of benzene rings is 2. The molecule has 0 fully saturated rings. The number of nitrogens with zero attached hydrogens (tertiary/aromatic N) is 2. The molecule has 1 aromatic heterocycles. The second kappa shape index (κ2) is 7.10. The number of aryl methyl sites for hydroxylation is 1. The highest BCUT2D eigenvalue weighted by atomic mass is 32.2. The number of fused-ring (bicyclic) bond motifs is 1. The SMILES string of the molecule is Cc1cc([N+](=O)[O-])cc(S(=O)(=O)NCCc2nc3ccccc3s2)c1C. The smallest absolute Gasteiger partial charge is 0.258 e. The summed E-state index contributed by atoms with van der Waals surface area (Å²) in [6.45, 7) is 3.47. The lowest BCUT2D eigenvalue weighted by Crippen LogP contribution is -2.27. The summed E-state index contributed by atoms with van der Waals surface area (Å²) in [5.74, 6) is 0. The number of sulfonamides is 1. The summed E-state index contributed by atoms with van der Waals surface area (Å²) in [4.78, 5) is 14.8. The number of nitrogens with one attached hydrogen (secondary N) is 1. The largest absolute Gasteiger partial charge is 0.271 e. The van der Waals surface area contributed by atoms with Gasteiger partial charge in [0.05, 0.1) is 25.0 Å². The summed E-state index contributed by atoms with van der Waals surface area (Å²) in [7, 11) is -3.85. The molecule has 0 spiro atoms. The van der Waals surface area contributed by atoms with Crippen LogP contribution in [0, 0.1) is 24.0 Å². The van der Waals surface area contributed by atoms with E-state index in [1.807, 2.05) is 24.3 Å². The summed E-state index contributed by atoms with van der Waals surface area (Å²) in [6.07, 6.45) is 0.450. The Labute approximate surface area is 154 Å². The summed E-state index contributed by atoms with van der Waals surface area (Å²) >= 11 is 1.52. The Kier molecular flexibility index (Phi) is 5.03. The number of nitro benzene ring substituents is 1. The minimum Gasteiger partial charge on any atom is -0.258 e. The molecule has 0 atom stereocenters. The Balaban J connectivity index is 1.77. The molecular formula is C17H17N3O4S2. The van der Waals surface area contributed by atoms with Gasteiger partial charge in [0, 0.05) is 25.1 Å². The third-order valence-electron chi connectivity index (χ3n) is 4.07. The van der Waals surface area contributed by atoms with Crippen LogP contribution in [0.3, 0.4) is 0 Å². The first kappa shape index (κ1) is 18.4. The topological polar surface area (TPSA) is 102 Å². The van der Waals surface area contributed by atoms with Crippen LogP contribution in [0.4, 0.5) is 5.69 Å². The fraction of sp³-hybridized carbons (Fsp3) is 0.235. The molecule has 26 heavy (non-hydrogen) atoms.